The molecule has 0 amide bonds. The van der Waals surface area contributed by atoms with Gasteiger partial charge in [-0.15, -0.1) is 0 Å². The SMILES string of the molecule is CCC=CCOC(=O)C1(C(C)C)CCCC1=O. The molecule has 1 rings (SSSR count). The zero-order valence-electron chi connectivity index (χ0n) is 11.0. The van der Waals surface area contributed by atoms with E-state index in [-0.39, 0.29) is 24.3 Å². The lowest BCUT2D eigenvalue weighted by Crippen LogP contribution is -2.41. The topological polar surface area (TPSA) is 43.4 Å². The second kappa shape index (κ2) is 5.99. The van der Waals surface area contributed by atoms with Gasteiger partial charge in [0, 0.05) is 6.42 Å². The number of carbonyl (C=O) groups is 2. The Hall–Kier alpha value is -1.12. The molecule has 0 aromatic heterocycles. The smallest absolute Gasteiger partial charge is 0.320 e. The van der Waals surface area contributed by atoms with Crippen molar-refractivity contribution in [3.63, 3.8) is 0 Å². The van der Waals surface area contributed by atoms with E-state index >= 15 is 0 Å². The lowest BCUT2D eigenvalue weighted by Gasteiger charge is -2.28. The van der Waals surface area contributed by atoms with Crippen molar-refractivity contribution in [1.29, 1.82) is 0 Å². The molecule has 1 atom stereocenters. The van der Waals surface area contributed by atoms with Gasteiger partial charge in [-0.05, 0) is 25.2 Å². The molecule has 0 bridgehead atoms. The number of Topliss-reactive ketones (excluding diaryl/α,β-unsaturated/α-hetero) is 1. The minimum atomic E-state index is -0.875. The fourth-order valence-electron chi connectivity index (χ4n) is 2.44. The largest absolute Gasteiger partial charge is 0.461 e. The molecular formula is C14H22O3. The summed E-state index contributed by atoms with van der Waals surface area (Å²) >= 11 is 0. The maximum atomic E-state index is 12.1. The summed E-state index contributed by atoms with van der Waals surface area (Å²) in [5.41, 5.74) is -0.875. The molecule has 1 aliphatic carbocycles. The molecule has 1 aliphatic rings. The van der Waals surface area contributed by atoms with Gasteiger partial charge in [0.05, 0.1) is 0 Å². The van der Waals surface area contributed by atoms with Crippen molar-refractivity contribution in [2.75, 3.05) is 6.61 Å². The predicted molar refractivity (Wildman–Crippen MR) is 66.5 cm³/mol. The fourth-order valence-corrected chi connectivity index (χ4v) is 2.44. The van der Waals surface area contributed by atoms with Gasteiger partial charge in [-0.1, -0.05) is 32.9 Å². The molecule has 0 heterocycles. The first-order chi connectivity index (χ1) is 8.05. The first kappa shape index (κ1) is 13.9. The summed E-state index contributed by atoms with van der Waals surface area (Å²) in [5.74, 6) is -0.270. The van der Waals surface area contributed by atoms with Crippen LogP contribution in [0.1, 0.15) is 46.5 Å². The van der Waals surface area contributed by atoms with Crippen molar-refractivity contribution in [2.24, 2.45) is 11.3 Å². The van der Waals surface area contributed by atoms with Crippen LogP contribution in [0.4, 0.5) is 0 Å². The van der Waals surface area contributed by atoms with Crippen LogP contribution >= 0.6 is 0 Å². The molecule has 0 radical (unpaired) electrons. The van der Waals surface area contributed by atoms with Crippen LogP contribution in [-0.4, -0.2) is 18.4 Å². The number of allylic oxidation sites excluding steroid dienone is 1. The molecule has 96 valence electrons. The number of hydrogen-bond acceptors (Lipinski definition) is 3. The van der Waals surface area contributed by atoms with E-state index in [1.807, 2.05) is 32.9 Å². The van der Waals surface area contributed by atoms with Crippen molar-refractivity contribution in [3.05, 3.63) is 12.2 Å². The molecule has 0 spiro atoms. The summed E-state index contributed by atoms with van der Waals surface area (Å²) in [7, 11) is 0. The van der Waals surface area contributed by atoms with Gasteiger partial charge in [0.15, 0.2) is 0 Å². The van der Waals surface area contributed by atoms with E-state index in [0.717, 1.165) is 12.8 Å². The molecule has 1 fully saturated rings. The quantitative estimate of drug-likeness (QED) is 0.420. The summed E-state index contributed by atoms with van der Waals surface area (Å²) < 4.78 is 5.22. The molecule has 0 aromatic carbocycles. The van der Waals surface area contributed by atoms with Gasteiger partial charge in [0.1, 0.15) is 17.8 Å². The van der Waals surface area contributed by atoms with Crippen molar-refractivity contribution < 1.29 is 14.3 Å². The molecule has 1 saturated carbocycles. The zero-order valence-corrected chi connectivity index (χ0v) is 11.0. The first-order valence-electron chi connectivity index (χ1n) is 6.41. The van der Waals surface area contributed by atoms with Crippen LogP contribution in [0.5, 0.6) is 0 Å². The molecular weight excluding hydrogens is 216 g/mol. The van der Waals surface area contributed by atoms with E-state index < -0.39 is 5.41 Å². The van der Waals surface area contributed by atoms with Crippen LogP contribution in [0.25, 0.3) is 0 Å². The second-order valence-corrected chi connectivity index (χ2v) is 4.88. The molecule has 3 nitrogen and oxygen atoms in total. The first-order valence-corrected chi connectivity index (χ1v) is 6.41. The van der Waals surface area contributed by atoms with E-state index in [9.17, 15) is 9.59 Å². The predicted octanol–water partition coefficient (Wildman–Crippen LogP) is 2.89. The summed E-state index contributed by atoms with van der Waals surface area (Å²) in [6.07, 6.45) is 6.65. The second-order valence-electron chi connectivity index (χ2n) is 4.88. The van der Waals surface area contributed by atoms with Gasteiger partial charge in [-0.25, -0.2) is 0 Å². The van der Waals surface area contributed by atoms with Gasteiger partial charge in [-0.3, -0.25) is 9.59 Å². The molecule has 0 N–H and O–H groups in total. The highest BCUT2D eigenvalue weighted by atomic mass is 16.5. The lowest BCUT2D eigenvalue weighted by molar-refractivity contribution is -0.161. The van der Waals surface area contributed by atoms with Crippen LogP contribution in [0.15, 0.2) is 12.2 Å². The monoisotopic (exact) mass is 238 g/mol. The van der Waals surface area contributed by atoms with Crippen LogP contribution in [0, 0.1) is 11.3 Å². The molecule has 0 aliphatic heterocycles. The van der Waals surface area contributed by atoms with E-state index in [1.165, 1.54) is 0 Å². The van der Waals surface area contributed by atoms with E-state index in [4.69, 9.17) is 4.74 Å². The van der Waals surface area contributed by atoms with Crippen LogP contribution in [0.3, 0.4) is 0 Å². The average Bonchev–Trinajstić information content (AvgIpc) is 2.67. The third-order valence-corrected chi connectivity index (χ3v) is 3.54. The van der Waals surface area contributed by atoms with Crippen LogP contribution in [0.2, 0.25) is 0 Å². The summed E-state index contributed by atoms with van der Waals surface area (Å²) in [5, 5.41) is 0. The molecule has 3 heteroatoms. The Morgan fingerprint density at radius 3 is 2.65 bits per heavy atom. The minimum Gasteiger partial charge on any atom is -0.461 e. The fraction of sp³-hybridized carbons (Fsp3) is 0.714. The maximum absolute atomic E-state index is 12.1. The highest BCUT2D eigenvalue weighted by Gasteiger charge is 2.51. The number of carbonyl (C=O) groups excluding carboxylic acids is 2. The van der Waals surface area contributed by atoms with Crippen molar-refractivity contribution >= 4 is 11.8 Å². The van der Waals surface area contributed by atoms with Crippen molar-refractivity contribution in [3.8, 4) is 0 Å². The maximum Gasteiger partial charge on any atom is 0.320 e. The van der Waals surface area contributed by atoms with Crippen molar-refractivity contribution in [2.45, 2.75) is 46.5 Å². The molecule has 1 unspecified atom stereocenters. The van der Waals surface area contributed by atoms with Gasteiger partial charge in [0.25, 0.3) is 0 Å². The van der Waals surface area contributed by atoms with E-state index in [2.05, 4.69) is 0 Å². The van der Waals surface area contributed by atoms with Crippen LogP contribution < -0.4 is 0 Å². The number of esters is 1. The minimum absolute atomic E-state index is 0.0140. The normalized spacial score (nSPS) is 24.8. The number of rotatable bonds is 5. The Morgan fingerprint density at radius 2 is 2.18 bits per heavy atom. The summed E-state index contributed by atoms with van der Waals surface area (Å²) in [6, 6.07) is 0. The summed E-state index contributed by atoms with van der Waals surface area (Å²) in [6.45, 7) is 6.14. The Labute approximate surface area is 103 Å². The Morgan fingerprint density at radius 1 is 1.47 bits per heavy atom. The Bertz CT molecular complexity index is 317. The molecule has 0 aromatic rings. The van der Waals surface area contributed by atoms with Gasteiger partial charge in [-0.2, -0.15) is 0 Å². The third-order valence-electron chi connectivity index (χ3n) is 3.54. The van der Waals surface area contributed by atoms with E-state index in [1.54, 1.807) is 0 Å². The van der Waals surface area contributed by atoms with E-state index in [0.29, 0.717) is 12.8 Å². The molecule has 0 saturated heterocycles. The van der Waals surface area contributed by atoms with Gasteiger partial charge in [0.2, 0.25) is 0 Å². The van der Waals surface area contributed by atoms with Crippen LogP contribution in [-0.2, 0) is 14.3 Å². The zero-order chi connectivity index (χ0) is 12.9. The highest BCUT2D eigenvalue weighted by Crippen LogP contribution is 2.42. The Kier molecular flexibility index (Phi) is 4.91. The highest BCUT2D eigenvalue weighted by molar-refractivity contribution is 6.05. The number of ether oxygens (including phenoxy) is 1. The standard InChI is InChI=1S/C14H22O3/c1-4-5-6-10-17-13(16)14(11(2)3)9-7-8-12(14)15/h5-6,11H,4,7-10H2,1-3H3. The van der Waals surface area contributed by atoms with Gasteiger partial charge >= 0.3 is 5.97 Å². The summed E-state index contributed by atoms with van der Waals surface area (Å²) in [4.78, 5) is 24.1. The Balaban J connectivity index is 2.69. The lowest BCUT2D eigenvalue weighted by atomic mass is 9.75. The molecule has 17 heavy (non-hydrogen) atoms. The average molecular weight is 238 g/mol. The number of ketones is 1. The van der Waals surface area contributed by atoms with Gasteiger partial charge < -0.3 is 4.74 Å². The third kappa shape index (κ3) is 2.76. The van der Waals surface area contributed by atoms with Crippen molar-refractivity contribution in [1.82, 2.24) is 0 Å². The number of hydrogen-bond donors (Lipinski definition) is 0.